The third-order valence-corrected chi connectivity index (χ3v) is 5.49. The van der Waals surface area contributed by atoms with Crippen LogP contribution in [0.15, 0.2) is 42.5 Å². The van der Waals surface area contributed by atoms with Crippen LogP contribution in [0.5, 0.6) is 0 Å². The summed E-state index contributed by atoms with van der Waals surface area (Å²) in [6, 6.07) is 13.5. The highest BCUT2D eigenvalue weighted by Crippen LogP contribution is 2.41. The van der Waals surface area contributed by atoms with E-state index in [1.54, 1.807) is 12.1 Å². The van der Waals surface area contributed by atoms with Crippen LogP contribution in [0.2, 0.25) is 10.0 Å². The molecule has 26 heavy (non-hydrogen) atoms. The van der Waals surface area contributed by atoms with Crippen LogP contribution in [0.1, 0.15) is 37.5 Å². The zero-order valence-corrected chi connectivity index (χ0v) is 16.8. The van der Waals surface area contributed by atoms with Gasteiger partial charge in [-0.05, 0) is 67.8 Å². The highest BCUT2D eigenvalue weighted by atomic mass is 35.5. The minimum Gasteiger partial charge on any atom is -0.365 e. The molecule has 0 bridgehead atoms. The molecular weight excluding hydrogens is 363 g/mol. The Morgan fingerprint density at radius 3 is 2.42 bits per heavy atom. The van der Waals surface area contributed by atoms with E-state index in [0.717, 1.165) is 22.4 Å². The van der Waals surface area contributed by atoms with Gasteiger partial charge in [-0.25, -0.2) is 0 Å². The molecule has 2 aromatic carbocycles. The summed E-state index contributed by atoms with van der Waals surface area (Å²) in [5.74, 6) is 0. The second-order valence-corrected chi connectivity index (χ2v) is 7.95. The Balaban J connectivity index is 2.12. The van der Waals surface area contributed by atoms with E-state index in [-0.39, 0.29) is 5.54 Å². The average Bonchev–Trinajstić information content (AvgIpc) is 2.59. The molecule has 1 aliphatic heterocycles. The summed E-state index contributed by atoms with van der Waals surface area (Å²) in [5.41, 5.74) is 5.57. The lowest BCUT2D eigenvalue weighted by molar-refractivity contribution is 0.598. The molecule has 0 N–H and O–H groups in total. The Labute approximate surface area is 165 Å². The first-order chi connectivity index (χ1) is 12.2. The number of hydrogen-bond donors (Lipinski definition) is 0. The number of hydrogen-bond acceptors (Lipinski definition) is 2. The molecule has 1 aliphatic rings. The van der Waals surface area contributed by atoms with Crippen molar-refractivity contribution in [1.29, 1.82) is 5.26 Å². The molecule has 0 radical (unpaired) electrons. The van der Waals surface area contributed by atoms with Gasteiger partial charge in [-0.2, -0.15) is 5.26 Å². The van der Waals surface area contributed by atoms with Crippen LogP contribution in [-0.4, -0.2) is 12.6 Å². The molecule has 1 heterocycles. The molecule has 0 aromatic heterocycles. The number of allylic oxidation sites excluding steroid dienone is 2. The van der Waals surface area contributed by atoms with Gasteiger partial charge in [0.05, 0.1) is 17.2 Å². The van der Waals surface area contributed by atoms with Crippen molar-refractivity contribution in [2.75, 3.05) is 11.9 Å². The molecule has 0 amide bonds. The molecule has 0 saturated carbocycles. The SMILES string of the molecule is CC1=CC(C)(C)N(C)c2cc(Cl)c(/C=C(/C#N)c3ccc(Cl)cc3)cc21. The lowest BCUT2D eigenvalue weighted by atomic mass is 9.88. The Morgan fingerprint density at radius 1 is 1.15 bits per heavy atom. The summed E-state index contributed by atoms with van der Waals surface area (Å²) in [6.07, 6.45) is 4.08. The average molecular weight is 383 g/mol. The summed E-state index contributed by atoms with van der Waals surface area (Å²) in [6.45, 7) is 6.46. The minimum atomic E-state index is -0.0705. The minimum absolute atomic E-state index is 0.0705. The van der Waals surface area contributed by atoms with Crippen LogP contribution in [0.4, 0.5) is 5.69 Å². The molecule has 2 aromatic rings. The summed E-state index contributed by atoms with van der Waals surface area (Å²) < 4.78 is 0. The van der Waals surface area contributed by atoms with Crippen molar-refractivity contribution in [3.8, 4) is 6.07 Å². The number of rotatable bonds is 2. The Kier molecular flexibility index (Phi) is 4.88. The summed E-state index contributed by atoms with van der Waals surface area (Å²) in [4.78, 5) is 2.22. The van der Waals surface area contributed by atoms with Gasteiger partial charge in [0.1, 0.15) is 0 Å². The maximum Gasteiger partial charge on any atom is 0.0998 e. The monoisotopic (exact) mass is 382 g/mol. The second-order valence-electron chi connectivity index (χ2n) is 7.11. The lowest BCUT2D eigenvalue weighted by Crippen LogP contribution is -2.42. The van der Waals surface area contributed by atoms with E-state index < -0.39 is 0 Å². The predicted octanol–water partition coefficient (Wildman–Crippen LogP) is 6.69. The summed E-state index contributed by atoms with van der Waals surface area (Å²) in [5, 5.41) is 10.9. The number of nitriles is 1. The smallest absolute Gasteiger partial charge is 0.0998 e. The molecule has 0 unspecified atom stereocenters. The molecule has 0 atom stereocenters. The molecule has 0 fully saturated rings. The fourth-order valence-corrected chi connectivity index (χ4v) is 3.60. The Hall–Kier alpha value is -2.21. The Bertz CT molecular complexity index is 961. The van der Waals surface area contributed by atoms with Crippen LogP contribution >= 0.6 is 23.2 Å². The van der Waals surface area contributed by atoms with Gasteiger partial charge in [-0.1, -0.05) is 41.4 Å². The van der Waals surface area contributed by atoms with Crippen molar-refractivity contribution in [1.82, 2.24) is 0 Å². The first-order valence-corrected chi connectivity index (χ1v) is 9.13. The number of fused-ring (bicyclic) bond motifs is 1. The van der Waals surface area contributed by atoms with Crippen LogP contribution < -0.4 is 4.90 Å². The topological polar surface area (TPSA) is 27.0 Å². The zero-order valence-electron chi connectivity index (χ0n) is 15.3. The van der Waals surface area contributed by atoms with Crippen molar-refractivity contribution < 1.29 is 0 Å². The van der Waals surface area contributed by atoms with Gasteiger partial charge >= 0.3 is 0 Å². The van der Waals surface area contributed by atoms with E-state index in [1.165, 1.54) is 5.57 Å². The highest BCUT2D eigenvalue weighted by Gasteiger charge is 2.29. The number of likely N-dealkylation sites (N-methyl/N-ethyl adjacent to an activating group) is 1. The number of halogens is 2. The van der Waals surface area contributed by atoms with Crippen molar-refractivity contribution in [2.24, 2.45) is 0 Å². The van der Waals surface area contributed by atoms with Gasteiger partial charge in [-0.3, -0.25) is 0 Å². The largest absolute Gasteiger partial charge is 0.365 e. The van der Waals surface area contributed by atoms with Gasteiger partial charge in [0, 0.05) is 28.3 Å². The molecule has 3 rings (SSSR count). The van der Waals surface area contributed by atoms with Crippen molar-refractivity contribution in [2.45, 2.75) is 26.3 Å². The van der Waals surface area contributed by atoms with Crippen molar-refractivity contribution in [3.63, 3.8) is 0 Å². The molecule has 132 valence electrons. The lowest BCUT2D eigenvalue weighted by Gasteiger charge is -2.40. The maximum absolute atomic E-state index is 9.59. The predicted molar refractivity (Wildman–Crippen MR) is 113 cm³/mol. The maximum atomic E-state index is 9.59. The van der Waals surface area contributed by atoms with Gasteiger partial charge in [0.2, 0.25) is 0 Å². The van der Waals surface area contributed by atoms with Gasteiger partial charge in [0.15, 0.2) is 0 Å². The van der Waals surface area contributed by atoms with Crippen LogP contribution in [0, 0.1) is 11.3 Å². The summed E-state index contributed by atoms with van der Waals surface area (Å²) in [7, 11) is 2.07. The van der Waals surface area contributed by atoms with Gasteiger partial charge < -0.3 is 4.90 Å². The second kappa shape index (κ2) is 6.83. The third kappa shape index (κ3) is 3.38. The van der Waals surface area contributed by atoms with E-state index in [2.05, 4.69) is 50.9 Å². The third-order valence-electron chi connectivity index (χ3n) is 4.91. The standard InChI is InChI=1S/C22H20Cl2N2/c1-14-12-22(2,3)26(4)21-11-20(24)16(10-19(14)21)9-17(13-25)15-5-7-18(23)8-6-15/h5-12H,1-4H3/b17-9-. The zero-order chi connectivity index (χ0) is 19.1. The van der Waals surface area contributed by atoms with Crippen LogP contribution in [0.25, 0.3) is 17.2 Å². The molecule has 2 nitrogen and oxygen atoms in total. The molecule has 0 saturated heterocycles. The van der Waals surface area contributed by atoms with E-state index in [4.69, 9.17) is 23.2 Å². The summed E-state index contributed by atoms with van der Waals surface area (Å²) >= 11 is 12.5. The molecule has 0 aliphatic carbocycles. The Morgan fingerprint density at radius 2 is 1.81 bits per heavy atom. The van der Waals surface area contributed by atoms with Crippen LogP contribution in [-0.2, 0) is 0 Å². The van der Waals surface area contributed by atoms with Gasteiger partial charge in [0.25, 0.3) is 0 Å². The molecular formula is C22H20Cl2N2. The van der Waals surface area contributed by atoms with Gasteiger partial charge in [-0.15, -0.1) is 0 Å². The molecule has 0 spiro atoms. The number of anilines is 1. The highest BCUT2D eigenvalue weighted by molar-refractivity contribution is 6.33. The van der Waals surface area contributed by atoms with Crippen molar-refractivity contribution in [3.05, 3.63) is 69.2 Å². The number of benzene rings is 2. The van der Waals surface area contributed by atoms with E-state index in [1.807, 2.05) is 24.3 Å². The first-order valence-electron chi connectivity index (χ1n) is 8.38. The molecule has 4 heteroatoms. The fraction of sp³-hybridized carbons (Fsp3) is 0.227. The van der Waals surface area contributed by atoms with Crippen molar-refractivity contribution >= 4 is 46.1 Å². The number of nitrogens with zero attached hydrogens (tertiary/aromatic N) is 2. The normalized spacial score (nSPS) is 16.0. The van der Waals surface area contributed by atoms with E-state index in [0.29, 0.717) is 15.6 Å². The quantitative estimate of drug-likeness (QED) is 0.427. The first kappa shape index (κ1) is 18.6. The van der Waals surface area contributed by atoms with Crippen LogP contribution in [0.3, 0.4) is 0 Å². The fourth-order valence-electron chi connectivity index (χ4n) is 3.26. The van der Waals surface area contributed by atoms with E-state index in [9.17, 15) is 5.26 Å². The van der Waals surface area contributed by atoms with E-state index >= 15 is 0 Å².